The number of hydrogen-bond donors (Lipinski definition) is 1. The predicted octanol–water partition coefficient (Wildman–Crippen LogP) is 2.33. The number of phosphoric ester groups is 1. The number of nitrogens with one attached hydrogen (secondary N) is 1. The van der Waals surface area contributed by atoms with Gasteiger partial charge in [-0.3, -0.25) is 13.8 Å². The summed E-state index contributed by atoms with van der Waals surface area (Å²) < 4.78 is 55.0. The highest BCUT2D eigenvalue weighted by Gasteiger charge is 2.61. The van der Waals surface area contributed by atoms with Crippen LogP contribution in [-0.2, 0) is 18.1 Å². The molecule has 0 spiro atoms. The third kappa shape index (κ3) is 3.24. The van der Waals surface area contributed by atoms with Crippen molar-refractivity contribution in [2.24, 2.45) is 11.8 Å². The fourth-order valence-corrected chi connectivity index (χ4v) is 3.60. The van der Waals surface area contributed by atoms with Crippen molar-refractivity contribution >= 4 is 19.0 Å². The Morgan fingerprint density at radius 2 is 2.08 bits per heavy atom. The van der Waals surface area contributed by atoms with Crippen LogP contribution in [0.5, 0.6) is 0 Å². The zero-order valence-corrected chi connectivity index (χ0v) is 14.6. The number of phosphoric acid groups is 1. The lowest BCUT2D eigenvalue weighted by Gasteiger charge is -2.22. The van der Waals surface area contributed by atoms with Gasteiger partial charge in [-0.15, -0.1) is 0 Å². The average molecular weight is 378 g/mol. The summed E-state index contributed by atoms with van der Waals surface area (Å²) in [7, 11) is -2.37. The zero-order chi connectivity index (χ0) is 18.4. The lowest BCUT2D eigenvalue weighted by atomic mass is 10.1. The molecule has 138 valence electrons. The highest BCUT2D eigenvalue weighted by Crippen LogP contribution is 2.61. The van der Waals surface area contributed by atoms with Gasteiger partial charge in [0.05, 0.1) is 18.6 Å². The van der Waals surface area contributed by atoms with Crippen molar-refractivity contribution in [1.82, 2.24) is 19.5 Å². The maximum Gasteiger partial charge on any atom is 0.479 e. The van der Waals surface area contributed by atoms with E-state index in [2.05, 4.69) is 28.5 Å². The normalized spacial score (nSPS) is 22.3. The Bertz CT molecular complexity index is 877. The molecule has 9 nitrogen and oxygen atoms in total. The van der Waals surface area contributed by atoms with Gasteiger partial charge >= 0.3 is 13.9 Å². The standard InChI is InChI=1S/C13H17F2N4O5P/c1-7(19-6-18-10-11(19)16-5-17-12(10)20)8-4-9(8)13(14,15)24-25(21,22-2)23-3/h5-9H,4H2,1-3H3,(H,16,17,20)/t7-,8-,9+/m1/s1. The summed E-state index contributed by atoms with van der Waals surface area (Å²) in [5.41, 5.74) is 0.0431. The SMILES string of the molecule is COP(=O)(OC)OC(F)(F)[C@H]1C[C@@H]1[C@@H](C)n1cnc2c(=O)[nH]cnc21. The number of hydrogen-bond acceptors (Lipinski definition) is 7. The van der Waals surface area contributed by atoms with Crippen molar-refractivity contribution in [3.63, 3.8) is 0 Å². The predicted molar refractivity (Wildman–Crippen MR) is 82.1 cm³/mol. The summed E-state index contributed by atoms with van der Waals surface area (Å²) >= 11 is 0. The summed E-state index contributed by atoms with van der Waals surface area (Å²) in [6.07, 6.45) is -0.918. The van der Waals surface area contributed by atoms with Crippen LogP contribution in [0, 0.1) is 11.8 Å². The molecule has 0 saturated heterocycles. The summed E-state index contributed by atoms with van der Waals surface area (Å²) in [5, 5.41) is 0. The number of alkyl halides is 2. The monoisotopic (exact) mass is 378 g/mol. The number of nitrogens with zero attached hydrogens (tertiary/aromatic N) is 3. The van der Waals surface area contributed by atoms with Gasteiger partial charge in [0.1, 0.15) is 0 Å². The molecule has 2 aromatic rings. The fraction of sp³-hybridized carbons (Fsp3) is 0.615. The van der Waals surface area contributed by atoms with E-state index in [1.807, 2.05) is 0 Å². The van der Waals surface area contributed by atoms with Gasteiger partial charge < -0.3 is 9.55 Å². The van der Waals surface area contributed by atoms with Crippen LogP contribution in [0.25, 0.3) is 11.2 Å². The smallest absolute Gasteiger partial charge is 0.312 e. The first-order chi connectivity index (χ1) is 11.7. The van der Waals surface area contributed by atoms with E-state index in [9.17, 15) is 18.1 Å². The molecule has 0 unspecified atom stereocenters. The third-order valence-corrected chi connectivity index (χ3v) is 5.74. The molecule has 1 saturated carbocycles. The van der Waals surface area contributed by atoms with Crippen LogP contribution in [0.15, 0.2) is 17.4 Å². The molecule has 1 aliphatic rings. The van der Waals surface area contributed by atoms with Gasteiger partial charge in [-0.05, 0) is 19.3 Å². The minimum atomic E-state index is -4.31. The summed E-state index contributed by atoms with van der Waals surface area (Å²) in [4.78, 5) is 22.1. The average Bonchev–Trinajstić information content (AvgIpc) is 3.28. The Morgan fingerprint density at radius 3 is 2.72 bits per heavy atom. The van der Waals surface area contributed by atoms with E-state index in [-0.39, 0.29) is 11.9 Å². The van der Waals surface area contributed by atoms with E-state index in [1.54, 1.807) is 11.5 Å². The van der Waals surface area contributed by atoms with Crippen molar-refractivity contribution in [3.05, 3.63) is 23.0 Å². The number of fused-ring (bicyclic) bond motifs is 1. The Hall–Kier alpha value is -1.68. The minimum absolute atomic E-state index is 0.137. The lowest BCUT2D eigenvalue weighted by molar-refractivity contribution is -0.207. The second-order valence-corrected chi connectivity index (χ2v) is 7.58. The number of rotatable bonds is 7. The molecule has 2 heterocycles. The van der Waals surface area contributed by atoms with Crippen LogP contribution in [0.3, 0.4) is 0 Å². The van der Waals surface area contributed by atoms with E-state index in [0.29, 0.717) is 5.65 Å². The molecule has 0 radical (unpaired) electrons. The second-order valence-electron chi connectivity index (χ2n) is 5.77. The molecule has 0 bridgehead atoms. The summed E-state index contributed by atoms with van der Waals surface area (Å²) in [6, 6.07) is -0.414. The summed E-state index contributed by atoms with van der Waals surface area (Å²) in [5.74, 6) is -1.64. The first-order valence-corrected chi connectivity index (χ1v) is 8.89. The number of imidazole rings is 1. The maximum atomic E-state index is 14.3. The van der Waals surface area contributed by atoms with E-state index in [4.69, 9.17) is 0 Å². The molecule has 3 atom stereocenters. The topological polar surface area (TPSA) is 108 Å². The Labute approximate surface area is 140 Å². The van der Waals surface area contributed by atoms with Gasteiger partial charge in [0.2, 0.25) is 0 Å². The molecule has 12 heteroatoms. The van der Waals surface area contributed by atoms with Crippen LogP contribution >= 0.6 is 7.82 Å². The molecule has 1 fully saturated rings. The van der Waals surface area contributed by atoms with Crippen LogP contribution in [0.4, 0.5) is 8.78 Å². The van der Waals surface area contributed by atoms with Crippen molar-refractivity contribution < 1.29 is 26.9 Å². The Kier molecular flexibility index (Phi) is 4.52. The van der Waals surface area contributed by atoms with Gasteiger partial charge in [-0.2, -0.15) is 8.78 Å². The van der Waals surface area contributed by atoms with Crippen LogP contribution < -0.4 is 5.56 Å². The van der Waals surface area contributed by atoms with E-state index in [1.165, 1.54) is 12.7 Å². The molecular weight excluding hydrogens is 361 g/mol. The lowest BCUT2D eigenvalue weighted by Crippen LogP contribution is -2.25. The van der Waals surface area contributed by atoms with Crippen LogP contribution in [-0.4, -0.2) is 39.8 Å². The van der Waals surface area contributed by atoms with Gasteiger partial charge in [0, 0.05) is 20.3 Å². The number of aromatic amines is 1. The highest BCUT2D eigenvalue weighted by molar-refractivity contribution is 7.48. The molecule has 2 aromatic heterocycles. The molecule has 3 rings (SSSR count). The zero-order valence-electron chi connectivity index (χ0n) is 13.7. The Balaban J connectivity index is 1.79. The van der Waals surface area contributed by atoms with Gasteiger partial charge in [-0.1, -0.05) is 0 Å². The molecule has 0 aliphatic heterocycles. The second kappa shape index (κ2) is 6.24. The molecule has 1 N–H and O–H groups in total. The number of H-pyrrole nitrogens is 1. The van der Waals surface area contributed by atoms with Crippen molar-refractivity contribution in [1.29, 1.82) is 0 Å². The fourth-order valence-electron chi connectivity index (χ4n) is 2.87. The van der Waals surface area contributed by atoms with Gasteiger partial charge in [-0.25, -0.2) is 19.1 Å². The molecule has 25 heavy (non-hydrogen) atoms. The van der Waals surface area contributed by atoms with E-state index >= 15 is 0 Å². The number of aromatic nitrogens is 4. The van der Waals surface area contributed by atoms with E-state index < -0.39 is 37.4 Å². The largest absolute Gasteiger partial charge is 0.479 e. The van der Waals surface area contributed by atoms with Crippen LogP contribution in [0.2, 0.25) is 0 Å². The quantitative estimate of drug-likeness (QED) is 0.737. The maximum absolute atomic E-state index is 14.3. The third-order valence-electron chi connectivity index (χ3n) is 4.38. The van der Waals surface area contributed by atoms with Gasteiger partial charge in [0.15, 0.2) is 11.2 Å². The molecule has 0 aromatic carbocycles. The van der Waals surface area contributed by atoms with Crippen LogP contribution in [0.1, 0.15) is 19.4 Å². The first-order valence-electron chi connectivity index (χ1n) is 7.42. The van der Waals surface area contributed by atoms with Gasteiger partial charge in [0.25, 0.3) is 5.56 Å². The molecule has 0 amide bonds. The molecule has 1 aliphatic carbocycles. The van der Waals surface area contributed by atoms with Crippen molar-refractivity contribution in [2.45, 2.75) is 25.5 Å². The molecular formula is C13H17F2N4O5P. The minimum Gasteiger partial charge on any atom is -0.312 e. The van der Waals surface area contributed by atoms with E-state index in [0.717, 1.165) is 14.2 Å². The Morgan fingerprint density at radius 1 is 1.40 bits per heavy atom. The van der Waals surface area contributed by atoms with Crippen molar-refractivity contribution in [3.8, 4) is 0 Å². The number of halogens is 2. The summed E-state index contributed by atoms with van der Waals surface area (Å²) in [6.45, 7) is 1.72. The van der Waals surface area contributed by atoms with Crippen molar-refractivity contribution in [2.75, 3.05) is 14.2 Å². The first kappa shape index (κ1) is 18.1. The highest BCUT2D eigenvalue weighted by atomic mass is 31.2.